The molecule has 8 heteroatoms. The predicted molar refractivity (Wildman–Crippen MR) is 134 cm³/mol. The normalized spacial score (nSPS) is 21.8. The number of anilines is 1. The molecular formula is C28H30N3O5+. The number of benzene rings is 2. The van der Waals surface area contributed by atoms with Crippen molar-refractivity contribution in [2.24, 2.45) is 11.1 Å². The van der Waals surface area contributed by atoms with Gasteiger partial charge in [-0.2, -0.15) is 0 Å². The second-order valence-electron chi connectivity index (χ2n) is 9.73. The molecule has 1 aliphatic heterocycles. The summed E-state index contributed by atoms with van der Waals surface area (Å²) in [6, 6.07) is 14.8. The summed E-state index contributed by atoms with van der Waals surface area (Å²) < 4.78 is 10.4. The molecule has 2 aromatic carbocycles. The second-order valence-corrected chi connectivity index (χ2v) is 9.73. The molecule has 2 aromatic rings. The SMILES string of the molecule is CCOC(=O)C(N)=C1C(=[NH+]c2ccc(OC)cc2)C(=O)N(c2ccc(C3(C=O)CC3)cc2)CC12CC2. The number of carbonyl (C=O) groups is 3. The summed E-state index contributed by atoms with van der Waals surface area (Å²) in [5, 5.41) is 0. The van der Waals surface area contributed by atoms with E-state index in [4.69, 9.17) is 15.2 Å². The first kappa shape index (κ1) is 23.8. The quantitative estimate of drug-likeness (QED) is 0.348. The van der Waals surface area contributed by atoms with Gasteiger partial charge in [-0.05, 0) is 62.4 Å². The van der Waals surface area contributed by atoms with Crippen molar-refractivity contribution in [2.75, 3.05) is 25.2 Å². The van der Waals surface area contributed by atoms with Crippen LogP contribution in [0.25, 0.3) is 0 Å². The van der Waals surface area contributed by atoms with Crippen LogP contribution in [0.15, 0.2) is 59.8 Å². The lowest BCUT2D eigenvalue weighted by molar-refractivity contribution is -0.353. The van der Waals surface area contributed by atoms with Gasteiger partial charge in [0, 0.05) is 29.8 Å². The fourth-order valence-corrected chi connectivity index (χ4v) is 4.98. The van der Waals surface area contributed by atoms with Crippen LogP contribution in [0.4, 0.5) is 11.4 Å². The Kier molecular flexibility index (Phi) is 5.90. The summed E-state index contributed by atoms with van der Waals surface area (Å²) in [7, 11) is 1.59. The van der Waals surface area contributed by atoms with Gasteiger partial charge in [-0.15, -0.1) is 0 Å². The lowest BCUT2D eigenvalue weighted by Crippen LogP contribution is -2.73. The summed E-state index contributed by atoms with van der Waals surface area (Å²) in [4.78, 5) is 43.1. The van der Waals surface area contributed by atoms with Gasteiger partial charge < -0.3 is 24.9 Å². The predicted octanol–water partition coefficient (Wildman–Crippen LogP) is 1.68. The van der Waals surface area contributed by atoms with E-state index in [-0.39, 0.29) is 29.3 Å². The summed E-state index contributed by atoms with van der Waals surface area (Å²) >= 11 is 0. The highest BCUT2D eigenvalue weighted by molar-refractivity contribution is 6.49. The van der Waals surface area contributed by atoms with Crippen molar-refractivity contribution < 1.29 is 28.8 Å². The van der Waals surface area contributed by atoms with E-state index in [9.17, 15) is 14.4 Å². The zero-order valence-corrected chi connectivity index (χ0v) is 20.5. The number of nitrogens with two attached hydrogens (primary N) is 1. The monoisotopic (exact) mass is 488 g/mol. The van der Waals surface area contributed by atoms with Crippen LogP contribution >= 0.6 is 0 Å². The standard InChI is InChI=1S/C28H29N3O5/c1-3-36-26(34)23(29)22-24(30-19-6-10-21(35-2)11-7-19)25(33)31(16-27(22)12-13-27)20-8-4-18(5-9-20)28(17-32)14-15-28/h4-11,17H,3,12-16,29H2,1-2H3/p+1. The van der Waals surface area contributed by atoms with Gasteiger partial charge in [-0.25, -0.2) is 9.79 Å². The molecule has 0 atom stereocenters. The Morgan fingerprint density at radius 3 is 2.28 bits per heavy atom. The van der Waals surface area contributed by atoms with Crippen molar-refractivity contribution in [3.63, 3.8) is 0 Å². The Hall–Kier alpha value is -3.94. The van der Waals surface area contributed by atoms with Crippen LogP contribution in [0.5, 0.6) is 5.75 Å². The maximum Gasteiger partial charge on any atom is 0.354 e. The molecule has 5 rings (SSSR count). The van der Waals surface area contributed by atoms with Gasteiger partial charge in [-0.1, -0.05) is 12.1 Å². The summed E-state index contributed by atoms with van der Waals surface area (Å²) in [5.74, 6) is -0.219. The highest BCUT2D eigenvalue weighted by atomic mass is 16.5. The highest BCUT2D eigenvalue weighted by Gasteiger charge is 2.59. The molecule has 0 bridgehead atoms. The first-order chi connectivity index (χ1) is 17.4. The van der Waals surface area contributed by atoms with Crippen molar-refractivity contribution >= 4 is 35.2 Å². The number of piperidine rings is 1. The zero-order chi connectivity index (χ0) is 25.5. The number of hydrogen-bond acceptors (Lipinski definition) is 6. The van der Waals surface area contributed by atoms with E-state index in [1.165, 1.54) is 0 Å². The van der Waals surface area contributed by atoms with Gasteiger partial charge in [0.05, 0.1) is 24.7 Å². The number of nitrogens with zero attached hydrogens (tertiary/aromatic N) is 1. The molecule has 36 heavy (non-hydrogen) atoms. The number of aldehydes is 1. The molecule has 1 spiro atoms. The Balaban J connectivity index is 1.57. The van der Waals surface area contributed by atoms with Crippen molar-refractivity contribution in [2.45, 2.75) is 38.0 Å². The van der Waals surface area contributed by atoms with Gasteiger partial charge >= 0.3 is 11.9 Å². The Morgan fingerprint density at radius 2 is 1.75 bits per heavy atom. The molecule has 186 valence electrons. The average Bonchev–Trinajstić information content (AvgIpc) is 3.83. The highest BCUT2D eigenvalue weighted by Crippen LogP contribution is 2.55. The molecule has 8 nitrogen and oxygen atoms in total. The smallest absolute Gasteiger partial charge is 0.354 e. The third-order valence-corrected chi connectivity index (χ3v) is 7.45. The van der Waals surface area contributed by atoms with Crippen molar-refractivity contribution in [1.29, 1.82) is 0 Å². The van der Waals surface area contributed by atoms with E-state index in [0.29, 0.717) is 23.6 Å². The molecule has 3 N–H and O–H groups in total. The first-order valence-corrected chi connectivity index (χ1v) is 12.2. The van der Waals surface area contributed by atoms with Crippen LogP contribution in [0.1, 0.15) is 38.2 Å². The lowest BCUT2D eigenvalue weighted by Gasteiger charge is -2.34. The van der Waals surface area contributed by atoms with Gasteiger partial charge in [0.25, 0.3) is 5.71 Å². The Bertz CT molecular complexity index is 1270. The number of methoxy groups -OCH3 is 1. The van der Waals surface area contributed by atoms with Crippen LogP contribution in [0, 0.1) is 5.41 Å². The molecule has 2 aliphatic carbocycles. The number of rotatable bonds is 7. The molecule has 1 saturated heterocycles. The summed E-state index contributed by atoms with van der Waals surface area (Å²) in [5.41, 5.74) is 8.67. The molecule has 0 radical (unpaired) electrons. The average molecular weight is 489 g/mol. The summed E-state index contributed by atoms with van der Waals surface area (Å²) in [6.07, 6.45) is 4.32. The fourth-order valence-electron chi connectivity index (χ4n) is 4.98. The number of carbonyl (C=O) groups excluding carboxylic acids is 3. The van der Waals surface area contributed by atoms with E-state index in [1.54, 1.807) is 43.2 Å². The summed E-state index contributed by atoms with van der Waals surface area (Å²) in [6.45, 7) is 2.32. The van der Waals surface area contributed by atoms with Crippen molar-refractivity contribution in [3.05, 3.63) is 65.4 Å². The largest absolute Gasteiger partial charge is 0.497 e. The number of hydrogen-bond donors (Lipinski definition) is 2. The second kappa shape index (κ2) is 8.93. The fraction of sp³-hybridized carbons (Fsp3) is 0.357. The minimum atomic E-state index is -0.623. The van der Waals surface area contributed by atoms with Crippen LogP contribution in [0.3, 0.4) is 0 Å². The molecule has 0 unspecified atom stereocenters. The lowest BCUT2D eigenvalue weighted by atomic mass is 9.84. The van der Waals surface area contributed by atoms with E-state index >= 15 is 0 Å². The third kappa shape index (κ3) is 4.06. The molecule has 1 heterocycles. The zero-order valence-electron chi connectivity index (χ0n) is 20.5. The number of amides is 1. The van der Waals surface area contributed by atoms with E-state index < -0.39 is 11.4 Å². The minimum Gasteiger partial charge on any atom is -0.497 e. The maximum absolute atomic E-state index is 13.9. The first-order valence-electron chi connectivity index (χ1n) is 12.2. The number of nitrogens with one attached hydrogen (secondary N) is 1. The molecule has 0 aromatic heterocycles. The van der Waals surface area contributed by atoms with Gasteiger partial charge in [0.2, 0.25) is 5.69 Å². The minimum absolute atomic E-state index is 0.0321. The van der Waals surface area contributed by atoms with Crippen molar-refractivity contribution in [3.8, 4) is 5.75 Å². The number of ether oxygens (including phenoxy) is 2. The van der Waals surface area contributed by atoms with Gasteiger partial charge in [0.15, 0.2) is 0 Å². The molecule has 3 aliphatic rings. The topological polar surface area (TPSA) is 113 Å². The van der Waals surface area contributed by atoms with Crippen LogP contribution in [0.2, 0.25) is 0 Å². The van der Waals surface area contributed by atoms with E-state index in [0.717, 1.165) is 43.2 Å². The van der Waals surface area contributed by atoms with Gasteiger partial charge in [-0.3, -0.25) is 4.79 Å². The Labute approximate surface area is 209 Å². The molecule has 3 fully saturated rings. The third-order valence-electron chi connectivity index (χ3n) is 7.45. The van der Waals surface area contributed by atoms with Crippen LogP contribution < -0.4 is 20.4 Å². The van der Waals surface area contributed by atoms with Crippen molar-refractivity contribution in [1.82, 2.24) is 0 Å². The molecule has 1 amide bonds. The van der Waals surface area contributed by atoms with Crippen LogP contribution in [-0.2, 0) is 24.5 Å². The van der Waals surface area contributed by atoms with E-state index in [1.807, 2.05) is 24.3 Å². The van der Waals surface area contributed by atoms with Crippen LogP contribution in [-0.4, -0.2) is 44.1 Å². The molecular weight excluding hydrogens is 458 g/mol. The van der Waals surface area contributed by atoms with E-state index in [2.05, 4.69) is 4.99 Å². The number of esters is 1. The van der Waals surface area contributed by atoms with Gasteiger partial charge in [0.1, 0.15) is 17.7 Å². The maximum atomic E-state index is 13.9. The Morgan fingerprint density at radius 1 is 1.08 bits per heavy atom. The molecule has 2 saturated carbocycles.